The molecule has 2 atom stereocenters. The van der Waals surface area contributed by atoms with Crippen molar-refractivity contribution < 1.29 is 0 Å². The molecule has 1 rings (SSSR count). The number of nitrogens with one attached hydrogen (secondary N) is 1. The van der Waals surface area contributed by atoms with Gasteiger partial charge in [0.2, 0.25) is 0 Å². The second-order valence-corrected chi connectivity index (χ2v) is 5.48. The Balaban J connectivity index is 2.07. The van der Waals surface area contributed by atoms with Gasteiger partial charge in [-0.05, 0) is 25.7 Å². The molecule has 2 unspecified atom stereocenters. The number of hydrogen-bond acceptors (Lipinski definition) is 1. The minimum atomic E-state index is 0.838. The van der Waals surface area contributed by atoms with Crippen molar-refractivity contribution in [3.05, 3.63) is 0 Å². The molecule has 1 heterocycles. The van der Waals surface area contributed by atoms with E-state index in [1.54, 1.807) is 0 Å². The Bertz CT molecular complexity index is 156. The molecule has 16 heavy (non-hydrogen) atoms. The first kappa shape index (κ1) is 14.0. The third-order valence-corrected chi connectivity index (χ3v) is 3.89. The Morgan fingerprint density at radius 1 is 0.812 bits per heavy atom. The van der Waals surface area contributed by atoms with Crippen LogP contribution in [0.5, 0.6) is 0 Å². The van der Waals surface area contributed by atoms with Gasteiger partial charge in [-0.2, -0.15) is 0 Å². The zero-order chi connectivity index (χ0) is 11.6. The van der Waals surface area contributed by atoms with E-state index in [0.29, 0.717) is 0 Å². The Morgan fingerprint density at radius 3 is 2.06 bits per heavy atom. The van der Waals surface area contributed by atoms with Gasteiger partial charge in [-0.1, -0.05) is 58.8 Å². The molecular weight excluding hydrogens is 194 g/mol. The Hall–Kier alpha value is -0.0400. The first-order valence-corrected chi connectivity index (χ1v) is 7.62. The van der Waals surface area contributed by atoms with Crippen LogP contribution < -0.4 is 5.32 Å². The second kappa shape index (κ2) is 9.04. The van der Waals surface area contributed by atoms with Gasteiger partial charge in [0.25, 0.3) is 0 Å². The maximum Gasteiger partial charge on any atom is 0.00696 e. The molecule has 0 aromatic heterocycles. The number of hydrogen-bond donors (Lipinski definition) is 1. The fourth-order valence-corrected chi connectivity index (χ4v) is 2.83. The summed E-state index contributed by atoms with van der Waals surface area (Å²) in [6.07, 6.45) is 15.5. The minimum Gasteiger partial charge on any atom is -0.311 e. The van der Waals surface area contributed by atoms with E-state index >= 15 is 0 Å². The summed E-state index contributed by atoms with van der Waals surface area (Å²) in [5.41, 5.74) is 0. The lowest BCUT2D eigenvalue weighted by atomic mass is 9.92. The highest BCUT2D eigenvalue weighted by Crippen LogP contribution is 2.20. The molecule has 1 heteroatoms. The highest BCUT2D eigenvalue weighted by atomic mass is 15.0. The third-order valence-electron chi connectivity index (χ3n) is 3.89. The number of piperidine rings is 1. The van der Waals surface area contributed by atoms with Gasteiger partial charge in [0.15, 0.2) is 0 Å². The van der Waals surface area contributed by atoms with E-state index in [1.165, 1.54) is 70.6 Å². The second-order valence-electron chi connectivity index (χ2n) is 5.48. The first-order chi connectivity index (χ1) is 7.86. The van der Waals surface area contributed by atoms with Crippen LogP contribution in [0.1, 0.15) is 84.5 Å². The van der Waals surface area contributed by atoms with Crippen molar-refractivity contribution in [1.82, 2.24) is 5.32 Å². The fraction of sp³-hybridized carbons (Fsp3) is 1.00. The Labute approximate surface area is 102 Å². The summed E-state index contributed by atoms with van der Waals surface area (Å²) in [6.45, 7) is 4.59. The monoisotopic (exact) mass is 225 g/mol. The van der Waals surface area contributed by atoms with Crippen molar-refractivity contribution in [1.29, 1.82) is 0 Å². The predicted octanol–water partition coefficient (Wildman–Crippen LogP) is 4.66. The predicted molar refractivity (Wildman–Crippen MR) is 72.8 cm³/mol. The van der Waals surface area contributed by atoms with Crippen LogP contribution in [-0.2, 0) is 0 Å². The summed E-state index contributed by atoms with van der Waals surface area (Å²) in [6, 6.07) is 1.68. The summed E-state index contributed by atoms with van der Waals surface area (Å²) >= 11 is 0. The standard InChI is InChI=1S/C15H31N/c1-3-5-7-8-11-15-13-9-12-14(16-15)10-6-4-2/h14-16H,3-13H2,1-2H3. The molecule has 0 spiro atoms. The molecular formula is C15H31N. The molecule has 0 radical (unpaired) electrons. The number of unbranched alkanes of at least 4 members (excludes halogenated alkanes) is 4. The summed E-state index contributed by atoms with van der Waals surface area (Å²) in [5, 5.41) is 3.87. The molecule has 0 bridgehead atoms. The van der Waals surface area contributed by atoms with Crippen molar-refractivity contribution in [2.24, 2.45) is 0 Å². The normalized spacial score (nSPS) is 25.9. The van der Waals surface area contributed by atoms with Gasteiger partial charge in [-0.25, -0.2) is 0 Å². The first-order valence-electron chi connectivity index (χ1n) is 7.62. The minimum absolute atomic E-state index is 0.838. The average Bonchev–Trinajstić information content (AvgIpc) is 2.33. The summed E-state index contributed by atoms with van der Waals surface area (Å²) in [4.78, 5) is 0. The summed E-state index contributed by atoms with van der Waals surface area (Å²) in [7, 11) is 0. The third kappa shape index (κ3) is 5.89. The molecule has 1 nitrogen and oxygen atoms in total. The highest BCUT2D eigenvalue weighted by molar-refractivity contribution is 4.80. The lowest BCUT2D eigenvalue weighted by Crippen LogP contribution is -2.42. The molecule has 1 aliphatic rings. The molecule has 0 aromatic carbocycles. The molecule has 0 saturated carbocycles. The van der Waals surface area contributed by atoms with Gasteiger partial charge in [0, 0.05) is 12.1 Å². The van der Waals surface area contributed by atoms with Gasteiger partial charge in [-0.3, -0.25) is 0 Å². The maximum absolute atomic E-state index is 3.87. The van der Waals surface area contributed by atoms with E-state index in [4.69, 9.17) is 0 Å². The molecule has 0 amide bonds. The van der Waals surface area contributed by atoms with Crippen LogP contribution in [0.25, 0.3) is 0 Å². The van der Waals surface area contributed by atoms with Crippen LogP contribution in [-0.4, -0.2) is 12.1 Å². The molecule has 0 aliphatic carbocycles. The maximum atomic E-state index is 3.87. The van der Waals surface area contributed by atoms with E-state index in [1.807, 2.05) is 0 Å². The number of rotatable bonds is 8. The van der Waals surface area contributed by atoms with Gasteiger partial charge >= 0.3 is 0 Å². The van der Waals surface area contributed by atoms with Crippen molar-refractivity contribution in [2.75, 3.05) is 0 Å². The fourth-order valence-electron chi connectivity index (χ4n) is 2.83. The zero-order valence-corrected chi connectivity index (χ0v) is 11.4. The van der Waals surface area contributed by atoms with Crippen molar-refractivity contribution in [3.63, 3.8) is 0 Å². The summed E-state index contributed by atoms with van der Waals surface area (Å²) < 4.78 is 0. The summed E-state index contributed by atoms with van der Waals surface area (Å²) in [5.74, 6) is 0. The molecule has 1 aliphatic heterocycles. The topological polar surface area (TPSA) is 12.0 Å². The van der Waals surface area contributed by atoms with Crippen molar-refractivity contribution >= 4 is 0 Å². The Morgan fingerprint density at radius 2 is 1.44 bits per heavy atom. The van der Waals surface area contributed by atoms with E-state index < -0.39 is 0 Å². The highest BCUT2D eigenvalue weighted by Gasteiger charge is 2.19. The largest absolute Gasteiger partial charge is 0.311 e. The van der Waals surface area contributed by atoms with Gasteiger partial charge in [0.05, 0.1) is 0 Å². The van der Waals surface area contributed by atoms with Crippen LogP contribution in [0.15, 0.2) is 0 Å². The van der Waals surface area contributed by atoms with Crippen LogP contribution in [0.2, 0.25) is 0 Å². The average molecular weight is 225 g/mol. The Kier molecular flexibility index (Phi) is 7.92. The molecule has 0 aromatic rings. The lowest BCUT2D eigenvalue weighted by molar-refractivity contribution is 0.287. The SMILES string of the molecule is CCCCCCC1CCCC(CCCC)N1. The lowest BCUT2D eigenvalue weighted by Gasteiger charge is -2.31. The van der Waals surface area contributed by atoms with E-state index in [-0.39, 0.29) is 0 Å². The van der Waals surface area contributed by atoms with E-state index in [9.17, 15) is 0 Å². The van der Waals surface area contributed by atoms with Crippen LogP contribution in [0, 0.1) is 0 Å². The molecule has 1 N–H and O–H groups in total. The smallest absolute Gasteiger partial charge is 0.00696 e. The zero-order valence-electron chi connectivity index (χ0n) is 11.4. The van der Waals surface area contributed by atoms with Crippen molar-refractivity contribution in [2.45, 2.75) is 96.6 Å². The van der Waals surface area contributed by atoms with E-state index in [0.717, 1.165) is 12.1 Å². The van der Waals surface area contributed by atoms with Crippen LogP contribution in [0.3, 0.4) is 0 Å². The van der Waals surface area contributed by atoms with Crippen LogP contribution in [0.4, 0.5) is 0 Å². The molecule has 96 valence electrons. The quantitative estimate of drug-likeness (QED) is 0.593. The van der Waals surface area contributed by atoms with Gasteiger partial charge in [-0.15, -0.1) is 0 Å². The molecule has 1 saturated heterocycles. The van der Waals surface area contributed by atoms with Gasteiger partial charge < -0.3 is 5.32 Å². The van der Waals surface area contributed by atoms with Crippen molar-refractivity contribution in [3.8, 4) is 0 Å². The van der Waals surface area contributed by atoms with Crippen LogP contribution >= 0.6 is 0 Å². The van der Waals surface area contributed by atoms with E-state index in [2.05, 4.69) is 19.2 Å². The van der Waals surface area contributed by atoms with Gasteiger partial charge in [0.1, 0.15) is 0 Å². The molecule has 1 fully saturated rings.